The highest BCUT2D eigenvalue weighted by molar-refractivity contribution is 6.30. The minimum Gasteiger partial charge on any atom is -0.314 e. The Morgan fingerprint density at radius 1 is 1.26 bits per heavy atom. The predicted octanol–water partition coefficient (Wildman–Crippen LogP) is 1.33. The van der Waals surface area contributed by atoms with Gasteiger partial charge in [-0.3, -0.25) is 4.90 Å². The molecule has 0 saturated carbocycles. The number of benzene rings is 1. The van der Waals surface area contributed by atoms with Crippen molar-refractivity contribution in [2.24, 2.45) is 0 Å². The molecule has 1 fully saturated rings. The van der Waals surface area contributed by atoms with Crippen LogP contribution in [0.25, 0.3) is 5.69 Å². The second kappa shape index (κ2) is 5.69. The molecule has 0 amide bonds. The largest absolute Gasteiger partial charge is 0.314 e. The molecule has 1 aromatic carbocycles. The third-order valence-electron chi connectivity index (χ3n) is 3.21. The molecule has 0 spiro atoms. The van der Waals surface area contributed by atoms with Crippen LogP contribution in [-0.4, -0.2) is 46.1 Å². The number of rotatable bonds is 3. The summed E-state index contributed by atoms with van der Waals surface area (Å²) in [6, 6.07) is 7.61. The quantitative estimate of drug-likeness (QED) is 0.919. The molecule has 3 rings (SSSR count). The standard InChI is InChI=1S/C13H16ClN5/c14-11-2-1-3-13(8-11)19-10-12(16-17-19)9-18-6-4-15-5-7-18/h1-3,8,10,15H,4-7,9H2. The molecule has 1 N–H and O–H groups in total. The van der Waals surface area contributed by atoms with Gasteiger partial charge < -0.3 is 5.32 Å². The number of piperazine rings is 1. The van der Waals surface area contributed by atoms with Gasteiger partial charge in [0.15, 0.2) is 0 Å². The summed E-state index contributed by atoms with van der Waals surface area (Å²) >= 11 is 5.98. The Bertz CT molecular complexity index is 547. The molecule has 2 aromatic rings. The Kier molecular flexibility index (Phi) is 3.77. The number of halogens is 1. The summed E-state index contributed by atoms with van der Waals surface area (Å²) in [7, 11) is 0. The van der Waals surface area contributed by atoms with Crippen LogP contribution < -0.4 is 5.32 Å². The van der Waals surface area contributed by atoms with Gasteiger partial charge in [-0.1, -0.05) is 22.9 Å². The van der Waals surface area contributed by atoms with E-state index < -0.39 is 0 Å². The molecule has 0 bridgehead atoms. The Morgan fingerprint density at radius 3 is 2.89 bits per heavy atom. The highest BCUT2D eigenvalue weighted by Crippen LogP contribution is 2.14. The van der Waals surface area contributed by atoms with Crippen molar-refractivity contribution in [3.05, 3.63) is 41.2 Å². The fraction of sp³-hybridized carbons (Fsp3) is 0.385. The minimum atomic E-state index is 0.705. The molecule has 0 unspecified atom stereocenters. The van der Waals surface area contributed by atoms with Crippen molar-refractivity contribution in [3.8, 4) is 5.69 Å². The molecule has 0 radical (unpaired) electrons. The molecule has 19 heavy (non-hydrogen) atoms. The number of nitrogens with one attached hydrogen (secondary N) is 1. The molecule has 5 nitrogen and oxygen atoms in total. The van der Waals surface area contributed by atoms with Crippen LogP contribution >= 0.6 is 11.6 Å². The van der Waals surface area contributed by atoms with Crippen LogP contribution in [0, 0.1) is 0 Å². The maximum Gasteiger partial charge on any atom is 0.0971 e. The van der Waals surface area contributed by atoms with Gasteiger partial charge in [-0.25, -0.2) is 4.68 Å². The lowest BCUT2D eigenvalue weighted by Crippen LogP contribution is -2.42. The van der Waals surface area contributed by atoms with Gasteiger partial charge in [-0.05, 0) is 18.2 Å². The first-order valence-corrected chi connectivity index (χ1v) is 6.79. The third kappa shape index (κ3) is 3.12. The Morgan fingerprint density at radius 2 is 2.11 bits per heavy atom. The van der Waals surface area contributed by atoms with Crippen LogP contribution in [-0.2, 0) is 6.54 Å². The third-order valence-corrected chi connectivity index (χ3v) is 3.44. The monoisotopic (exact) mass is 277 g/mol. The van der Waals surface area contributed by atoms with Crippen LogP contribution in [0.4, 0.5) is 0 Å². The minimum absolute atomic E-state index is 0.705. The summed E-state index contributed by atoms with van der Waals surface area (Å²) < 4.78 is 1.77. The second-order valence-corrected chi connectivity index (χ2v) is 5.10. The zero-order valence-electron chi connectivity index (χ0n) is 10.6. The molecule has 2 heterocycles. The second-order valence-electron chi connectivity index (χ2n) is 4.66. The van der Waals surface area contributed by atoms with E-state index in [1.54, 1.807) is 4.68 Å². The van der Waals surface area contributed by atoms with E-state index in [1.807, 2.05) is 30.5 Å². The summed E-state index contributed by atoms with van der Waals surface area (Å²) in [5.41, 5.74) is 1.92. The van der Waals surface area contributed by atoms with E-state index in [-0.39, 0.29) is 0 Å². The number of hydrogen-bond donors (Lipinski definition) is 1. The van der Waals surface area contributed by atoms with E-state index in [2.05, 4.69) is 20.5 Å². The first kappa shape index (κ1) is 12.6. The fourth-order valence-electron chi connectivity index (χ4n) is 2.21. The first-order valence-electron chi connectivity index (χ1n) is 6.41. The molecular formula is C13H16ClN5. The van der Waals surface area contributed by atoms with Gasteiger partial charge in [0.05, 0.1) is 17.6 Å². The van der Waals surface area contributed by atoms with Crippen LogP contribution in [0.15, 0.2) is 30.5 Å². The van der Waals surface area contributed by atoms with Crippen LogP contribution in [0.2, 0.25) is 5.02 Å². The van der Waals surface area contributed by atoms with E-state index in [1.165, 1.54) is 0 Å². The molecule has 1 aromatic heterocycles. The van der Waals surface area contributed by atoms with Crippen molar-refractivity contribution in [3.63, 3.8) is 0 Å². The highest BCUT2D eigenvalue weighted by atomic mass is 35.5. The van der Waals surface area contributed by atoms with Crippen LogP contribution in [0.1, 0.15) is 5.69 Å². The average molecular weight is 278 g/mol. The first-order chi connectivity index (χ1) is 9.31. The van der Waals surface area contributed by atoms with Gasteiger partial charge in [0.25, 0.3) is 0 Å². The maximum atomic E-state index is 5.98. The van der Waals surface area contributed by atoms with E-state index in [9.17, 15) is 0 Å². The summed E-state index contributed by atoms with van der Waals surface area (Å²) in [5, 5.41) is 12.4. The summed E-state index contributed by atoms with van der Waals surface area (Å²) in [4.78, 5) is 2.38. The zero-order valence-corrected chi connectivity index (χ0v) is 11.3. The summed E-state index contributed by atoms with van der Waals surface area (Å²) in [6.45, 7) is 5.06. The normalized spacial score (nSPS) is 16.7. The van der Waals surface area contributed by atoms with E-state index in [0.29, 0.717) is 5.02 Å². The summed E-state index contributed by atoms with van der Waals surface area (Å²) in [6.07, 6.45) is 1.97. The van der Waals surface area contributed by atoms with Crippen molar-refractivity contribution in [1.29, 1.82) is 0 Å². The van der Waals surface area contributed by atoms with Gasteiger partial charge in [-0.2, -0.15) is 0 Å². The van der Waals surface area contributed by atoms with Gasteiger partial charge in [-0.15, -0.1) is 5.10 Å². The number of hydrogen-bond acceptors (Lipinski definition) is 4. The van der Waals surface area contributed by atoms with Gasteiger partial charge in [0, 0.05) is 37.7 Å². The molecule has 0 aliphatic carbocycles. The molecule has 100 valence electrons. The summed E-state index contributed by atoms with van der Waals surface area (Å²) in [5.74, 6) is 0. The fourth-order valence-corrected chi connectivity index (χ4v) is 2.40. The number of aromatic nitrogens is 3. The van der Waals surface area contributed by atoms with Crippen molar-refractivity contribution in [1.82, 2.24) is 25.2 Å². The molecular weight excluding hydrogens is 262 g/mol. The lowest BCUT2D eigenvalue weighted by molar-refractivity contribution is 0.230. The smallest absolute Gasteiger partial charge is 0.0971 e. The topological polar surface area (TPSA) is 46.0 Å². The molecule has 6 heteroatoms. The SMILES string of the molecule is Clc1cccc(-n2cc(CN3CCNCC3)nn2)c1. The van der Waals surface area contributed by atoms with E-state index >= 15 is 0 Å². The highest BCUT2D eigenvalue weighted by Gasteiger charge is 2.12. The number of nitrogens with zero attached hydrogens (tertiary/aromatic N) is 4. The lowest BCUT2D eigenvalue weighted by atomic mass is 10.3. The Hall–Kier alpha value is -1.43. The predicted molar refractivity (Wildman–Crippen MR) is 74.5 cm³/mol. The van der Waals surface area contributed by atoms with Crippen LogP contribution in [0.3, 0.4) is 0 Å². The molecule has 1 saturated heterocycles. The molecule has 0 atom stereocenters. The van der Waals surface area contributed by atoms with Gasteiger partial charge in [0.1, 0.15) is 0 Å². The Labute approximate surface area is 117 Å². The lowest BCUT2D eigenvalue weighted by Gasteiger charge is -2.25. The average Bonchev–Trinajstić information content (AvgIpc) is 2.88. The van der Waals surface area contributed by atoms with Gasteiger partial charge >= 0.3 is 0 Å². The van der Waals surface area contributed by atoms with Crippen molar-refractivity contribution in [2.75, 3.05) is 26.2 Å². The molecule has 1 aliphatic heterocycles. The van der Waals surface area contributed by atoms with E-state index in [4.69, 9.17) is 11.6 Å². The van der Waals surface area contributed by atoms with E-state index in [0.717, 1.165) is 44.1 Å². The zero-order chi connectivity index (χ0) is 13.1. The Balaban J connectivity index is 1.72. The molecule has 1 aliphatic rings. The van der Waals surface area contributed by atoms with Crippen molar-refractivity contribution < 1.29 is 0 Å². The van der Waals surface area contributed by atoms with Crippen LogP contribution in [0.5, 0.6) is 0 Å². The van der Waals surface area contributed by atoms with Gasteiger partial charge in [0.2, 0.25) is 0 Å². The van der Waals surface area contributed by atoms with Crippen molar-refractivity contribution >= 4 is 11.6 Å². The van der Waals surface area contributed by atoms with Crippen molar-refractivity contribution in [2.45, 2.75) is 6.54 Å². The maximum absolute atomic E-state index is 5.98.